The number of fused-ring (bicyclic) bond motifs is 7. The second kappa shape index (κ2) is 9.90. The van der Waals surface area contributed by atoms with Crippen molar-refractivity contribution in [3.63, 3.8) is 0 Å². The number of benzene rings is 3. The number of phenolic OH excluding ortho intramolecular Hbond substituents is 1. The van der Waals surface area contributed by atoms with Crippen LogP contribution in [0.4, 0.5) is 14.6 Å². The zero-order valence-electron chi connectivity index (χ0n) is 24.7. The molecule has 9 rings (SSSR count). The summed E-state index contributed by atoms with van der Waals surface area (Å²) in [7, 11) is 0. The molecule has 8 nitrogen and oxygen atoms in total. The van der Waals surface area contributed by atoms with Crippen molar-refractivity contribution < 1.29 is 23.4 Å². The smallest absolute Gasteiger partial charge is 0.319 e. The second-order valence-corrected chi connectivity index (χ2v) is 13.3. The summed E-state index contributed by atoms with van der Waals surface area (Å²) in [6.45, 7) is 2.56. The van der Waals surface area contributed by atoms with Gasteiger partial charge in [0, 0.05) is 48.1 Å². The van der Waals surface area contributed by atoms with E-state index in [1.165, 1.54) is 6.07 Å². The standard InChI is InChI=1S/C35H33F2N5O3/c1-2-19-5-3-6-20-11-23(43)12-24(29(19)20)25-13-27-30-32(31(25)37)44-17-28-26-8-7-22(38-26)16-42(28)33(30)40-34(39-27)45-18-35-9-4-10-41(35)15-21(36)14-35/h1,3,5-6,11-13,21-22,26,28,38,43H,4,7-10,14-18H2/t21-,22?,26?,28?,35?/m1/s1. The maximum absolute atomic E-state index is 16.9. The average molecular weight is 610 g/mol. The maximum atomic E-state index is 16.9. The number of ether oxygens (including phenoxy) is 2. The molecule has 2 N–H and O–H groups in total. The predicted molar refractivity (Wildman–Crippen MR) is 167 cm³/mol. The highest BCUT2D eigenvalue weighted by molar-refractivity contribution is 6.05. The molecule has 0 spiro atoms. The van der Waals surface area contributed by atoms with Gasteiger partial charge in [0.25, 0.3) is 0 Å². The first-order chi connectivity index (χ1) is 21.9. The van der Waals surface area contributed by atoms with Crippen LogP contribution in [0.1, 0.15) is 37.7 Å². The lowest BCUT2D eigenvalue weighted by Crippen LogP contribution is -2.60. The van der Waals surface area contributed by atoms with Gasteiger partial charge < -0.3 is 24.8 Å². The third kappa shape index (κ3) is 4.10. The molecule has 45 heavy (non-hydrogen) atoms. The molecule has 5 aliphatic heterocycles. The summed E-state index contributed by atoms with van der Waals surface area (Å²) < 4.78 is 44.1. The first kappa shape index (κ1) is 27.1. The van der Waals surface area contributed by atoms with Gasteiger partial charge in [-0.15, -0.1) is 6.42 Å². The summed E-state index contributed by atoms with van der Waals surface area (Å²) in [4.78, 5) is 14.2. The number of aromatic hydroxyl groups is 1. The number of anilines is 1. The molecule has 1 aromatic heterocycles. The van der Waals surface area contributed by atoms with Crippen molar-refractivity contribution in [2.45, 2.75) is 61.9 Å². The van der Waals surface area contributed by atoms with E-state index in [2.05, 4.69) is 21.0 Å². The van der Waals surface area contributed by atoms with Crippen LogP contribution in [-0.2, 0) is 0 Å². The van der Waals surface area contributed by atoms with E-state index < -0.39 is 12.0 Å². The highest BCUT2D eigenvalue weighted by atomic mass is 19.1. The van der Waals surface area contributed by atoms with E-state index >= 15 is 4.39 Å². The summed E-state index contributed by atoms with van der Waals surface area (Å²) in [5.41, 5.74) is 1.36. The zero-order valence-corrected chi connectivity index (χ0v) is 24.7. The van der Waals surface area contributed by atoms with Crippen LogP contribution in [0.5, 0.6) is 17.5 Å². The molecule has 10 heteroatoms. The summed E-state index contributed by atoms with van der Waals surface area (Å²) >= 11 is 0. The fraction of sp³-hybridized carbons (Fsp3) is 0.429. The molecule has 0 amide bonds. The van der Waals surface area contributed by atoms with Crippen molar-refractivity contribution >= 4 is 27.5 Å². The Hall–Kier alpha value is -4.20. The quantitative estimate of drug-likeness (QED) is 0.315. The molecule has 4 unspecified atom stereocenters. The Bertz CT molecular complexity index is 1930. The number of terminal acetylenes is 1. The second-order valence-electron chi connectivity index (χ2n) is 13.3. The van der Waals surface area contributed by atoms with Crippen LogP contribution in [-0.4, -0.2) is 82.7 Å². The Balaban J connectivity index is 1.24. The van der Waals surface area contributed by atoms with Crippen LogP contribution in [0, 0.1) is 18.2 Å². The van der Waals surface area contributed by atoms with Crippen LogP contribution in [0.3, 0.4) is 0 Å². The monoisotopic (exact) mass is 609 g/mol. The SMILES string of the molecule is C#Cc1cccc2cc(O)cc(-c3cc4nc(OCC56CCCN5C[C@H](F)C6)nc5c4c(c3F)OCC3C4CCC(CN53)N4)c12. The molecular formula is C35H33F2N5O3. The molecule has 0 aliphatic carbocycles. The molecule has 3 aromatic carbocycles. The molecule has 5 aliphatic rings. The normalized spacial score (nSPS) is 28.5. The molecule has 4 saturated heterocycles. The number of halogens is 2. The minimum Gasteiger partial charge on any atom is -0.508 e. The fourth-order valence-corrected chi connectivity index (χ4v) is 8.70. The van der Waals surface area contributed by atoms with Crippen molar-refractivity contribution in [1.29, 1.82) is 0 Å². The van der Waals surface area contributed by atoms with Gasteiger partial charge in [-0.2, -0.15) is 9.97 Å². The highest BCUT2D eigenvalue weighted by Crippen LogP contribution is 2.47. The van der Waals surface area contributed by atoms with E-state index in [4.69, 9.17) is 25.9 Å². The number of aromatic nitrogens is 2. The van der Waals surface area contributed by atoms with E-state index in [1.807, 2.05) is 12.1 Å². The molecular weight excluding hydrogens is 576 g/mol. The highest BCUT2D eigenvalue weighted by Gasteiger charge is 2.50. The van der Waals surface area contributed by atoms with E-state index in [-0.39, 0.29) is 53.9 Å². The number of nitrogens with one attached hydrogen (secondary N) is 1. The largest absolute Gasteiger partial charge is 0.508 e. The number of piperazine rings is 1. The molecule has 230 valence electrons. The van der Waals surface area contributed by atoms with E-state index in [0.717, 1.165) is 32.2 Å². The van der Waals surface area contributed by atoms with Gasteiger partial charge in [0.05, 0.1) is 22.5 Å². The molecule has 4 fully saturated rings. The van der Waals surface area contributed by atoms with Crippen LogP contribution < -0.4 is 19.7 Å². The molecule has 2 bridgehead atoms. The lowest BCUT2D eigenvalue weighted by molar-refractivity contribution is 0.107. The molecule has 6 heterocycles. The van der Waals surface area contributed by atoms with Crippen LogP contribution in [0.15, 0.2) is 36.4 Å². The first-order valence-electron chi connectivity index (χ1n) is 15.9. The third-order valence-electron chi connectivity index (χ3n) is 10.7. The van der Waals surface area contributed by atoms with Gasteiger partial charge in [-0.05, 0) is 67.4 Å². The Kier molecular flexibility index (Phi) is 5.97. The number of rotatable bonds is 4. The average Bonchev–Trinajstić information content (AvgIpc) is 3.66. The van der Waals surface area contributed by atoms with E-state index in [0.29, 0.717) is 64.2 Å². The van der Waals surface area contributed by atoms with Gasteiger partial charge in [-0.25, -0.2) is 8.78 Å². The number of alkyl halides is 1. The van der Waals surface area contributed by atoms with Gasteiger partial charge in [-0.1, -0.05) is 18.1 Å². The molecule has 0 saturated carbocycles. The maximum Gasteiger partial charge on any atom is 0.319 e. The van der Waals surface area contributed by atoms with Crippen molar-refractivity contribution in [3.8, 4) is 41.0 Å². The first-order valence-corrected chi connectivity index (χ1v) is 15.9. The van der Waals surface area contributed by atoms with Gasteiger partial charge in [-0.3, -0.25) is 4.90 Å². The van der Waals surface area contributed by atoms with E-state index in [9.17, 15) is 9.50 Å². The van der Waals surface area contributed by atoms with E-state index in [1.54, 1.807) is 18.2 Å². The molecule has 4 aromatic rings. The van der Waals surface area contributed by atoms with Gasteiger partial charge in [0.15, 0.2) is 11.6 Å². The van der Waals surface area contributed by atoms with Crippen molar-refractivity contribution in [2.75, 3.05) is 37.7 Å². The number of hydrogen-bond acceptors (Lipinski definition) is 8. The summed E-state index contributed by atoms with van der Waals surface area (Å²) in [6, 6.07) is 10.9. The van der Waals surface area contributed by atoms with Gasteiger partial charge in [0.2, 0.25) is 0 Å². The third-order valence-corrected chi connectivity index (χ3v) is 10.7. The summed E-state index contributed by atoms with van der Waals surface area (Å²) in [5.74, 6) is 2.83. The van der Waals surface area contributed by atoms with Crippen LogP contribution in [0.2, 0.25) is 0 Å². The Morgan fingerprint density at radius 3 is 2.96 bits per heavy atom. The topological polar surface area (TPSA) is 83.0 Å². The summed E-state index contributed by atoms with van der Waals surface area (Å²) in [5, 5.41) is 16.2. The molecule has 0 radical (unpaired) electrons. The number of hydrogen-bond donors (Lipinski definition) is 2. The summed E-state index contributed by atoms with van der Waals surface area (Å²) in [6.07, 6.45) is 9.37. The minimum atomic E-state index is -0.872. The Labute approximate surface area is 259 Å². The number of phenols is 1. The van der Waals surface area contributed by atoms with Crippen molar-refractivity contribution in [3.05, 3.63) is 47.8 Å². The lowest BCUT2D eigenvalue weighted by atomic mass is 9.93. The van der Waals surface area contributed by atoms with Gasteiger partial charge in [0.1, 0.15) is 31.0 Å². The minimum absolute atomic E-state index is 0.00677. The van der Waals surface area contributed by atoms with Crippen molar-refractivity contribution in [1.82, 2.24) is 20.2 Å². The van der Waals surface area contributed by atoms with Crippen LogP contribution >= 0.6 is 0 Å². The zero-order chi connectivity index (χ0) is 30.4. The lowest BCUT2D eigenvalue weighted by Gasteiger charge is -2.40. The van der Waals surface area contributed by atoms with Gasteiger partial charge >= 0.3 is 6.01 Å². The molecule has 5 atom stereocenters. The number of nitrogens with zero attached hydrogens (tertiary/aromatic N) is 4. The van der Waals surface area contributed by atoms with Crippen LogP contribution in [0.25, 0.3) is 32.8 Å². The fourth-order valence-electron chi connectivity index (χ4n) is 8.70. The Morgan fingerprint density at radius 1 is 1.16 bits per heavy atom. The Morgan fingerprint density at radius 2 is 2.07 bits per heavy atom. The predicted octanol–water partition coefficient (Wildman–Crippen LogP) is 4.93. The van der Waals surface area contributed by atoms with Crippen molar-refractivity contribution in [2.24, 2.45) is 0 Å².